The second-order valence-electron chi connectivity index (χ2n) is 3.54. The van der Waals surface area contributed by atoms with E-state index in [1.165, 1.54) is 0 Å². The lowest BCUT2D eigenvalue weighted by atomic mass is 10.2. The van der Waals surface area contributed by atoms with Crippen LogP contribution < -0.4 is 5.73 Å². The Morgan fingerprint density at radius 3 is 2.94 bits per heavy atom. The number of rotatable bonds is 2. The smallest absolute Gasteiger partial charge is 0.240 e. The SMILES string of the molecule is CC(C(N)=O)n1c(=S)[nH]c2cc(Br)ccc21. The van der Waals surface area contributed by atoms with Crippen LogP contribution in [0.5, 0.6) is 0 Å². The molecule has 0 aliphatic heterocycles. The Morgan fingerprint density at radius 1 is 1.62 bits per heavy atom. The number of hydrogen-bond donors (Lipinski definition) is 2. The van der Waals surface area contributed by atoms with E-state index in [0.717, 1.165) is 15.5 Å². The van der Waals surface area contributed by atoms with Crippen molar-refractivity contribution in [2.45, 2.75) is 13.0 Å². The molecule has 0 aliphatic rings. The van der Waals surface area contributed by atoms with Crippen LogP contribution in [0.25, 0.3) is 11.0 Å². The molecule has 3 N–H and O–H groups in total. The highest BCUT2D eigenvalue weighted by atomic mass is 79.9. The summed E-state index contributed by atoms with van der Waals surface area (Å²) in [4.78, 5) is 14.2. The van der Waals surface area contributed by atoms with Crippen molar-refractivity contribution in [1.29, 1.82) is 0 Å². The van der Waals surface area contributed by atoms with Crippen LogP contribution >= 0.6 is 28.1 Å². The number of H-pyrrole nitrogens is 1. The van der Waals surface area contributed by atoms with Crippen molar-refractivity contribution in [1.82, 2.24) is 9.55 Å². The molecule has 0 fully saturated rings. The Balaban J connectivity index is 2.74. The minimum atomic E-state index is -0.456. The van der Waals surface area contributed by atoms with Crippen molar-refractivity contribution in [3.05, 3.63) is 27.4 Å². The van der Waals surface area contributed by atoms with E-state index >= 15 is 0 Å². The number of nitrogens with two attached hydrogens (primary N) is 1. The van der Waals surface area contributed by atoms with Gasteiger partial charge in [0.15, 0.2) is 4.77 Å². The summed E-state index contributed by atoms with van der Waals surface area (Å²) in [7, 11) is 0. The van der Waals surface area contributed by atoms with E-state index in [9.17, 15) is 4.79 Å². The molecule has 0 bridgehead atoms. The normalized spacial score (nSPS) is 12.9. The molecular formula is C10H10BrN3OS. The lowest BCUT2D eigenvalue weighted by Gasteiger charge is -2.10. The zero-order valence-electron chi connectivity index (χ0n) is 8.53. The maximum Gasteiger partial charge on any atom is 0.240 e. The van der Waals surface area contributed by atoms with E-state index in [2.05, 4.69) is 20.9 Å². The van der Waals surface area contributed by atoms with Crippen LogP contribution in [0, 0.1) is 4.77 Å². The van der Waals surface area contributed by atoms with Gasteiger partial charge in [-0.05, 0) is 37.3 Å². The van der Waals surface area contributed by atoms with Gasteiger partial charge in [0, 0.05) is 4.47 Å². The Bertz CT molecular complexity index is 616. The van der Waals surface area contributed by atoms with Gasteiger partial charge in [0.1, 0.15) is 6.04 Å². The van der Waals surface area contributed by atoms with Crippen LogP contribution in [0.3, 0.4) is 0 Å². The number of aromatic nitrogens is 2. The van der Waals surface area contributed by atoms with Crippen LogP contribution in [0.15, 0.2) is 22.7 Å². The number of nitrogens with zero attached hydrogens (tertiary/aromatic N) is 1. The molecule has 0 radical (unpaired) electrons. The highest BCUT2D eigenvalue weighted by molar-refractivity contribution is 9.10. The number of nitrogens with one attached hydrogen (secondary N) is 1. The van der Waals surface area contributed by atoms with Crippen LogP contribution in [0.1, 0.15) is 13.0 Å². The van der Waals surface area contributed by atoms with Gasteiger partial charge in [0.05, 0.1) is 11.0 Å². The molecule has 2 aromatic rings. The molecule has 1 aromatic carbocycles. The summed E-state index contributed by atoms with van der Waals surface area (Å²) in [5.41, 5.74) is 7.04. The molecule has 0 spiro atoms. The zero-order valence-corrected chi connectivity index (χ0v) is 10.9. The predicted molar refractivity (Wildman–Crippen MR) is 68.7 cm³/mol. The summed E-state index contributed by atoms with van der Waals surface area (Å²) >= 11 is 8.55. The average Bonchev–Trinajstić information content (AvgIpc) is 2.51. The molecule has 0 saturated heterocycles. The number of benzene rings is 1. The molecule has 16 heavy (non-hydrogen) atoms. The number of amides is 1. The summed E-state index contributed by atoms with van der Waals surface area (Å²) in [6.45, 7) is 1.73. The maximum absolute atomic E-state index is 11.2. The fourth-order valence-electron chi connectivity index (χ4n) is 1.62. The number of fused-ring (bicyclic) bond motifs is 1. The second kappa shape index (κ2) is 4.03. The summed E-state index contributed by atoms with van der Waals surface area (Å²) in [6, 6.07) is 5.25. The van der Waals surface area contributed by atoms with Gasteiger partial charge in [-0.15, -0.1) is 0 Å². The monoisotopic (exact) mass is 299 g/mol. The topological polar surface area (TPSA) is 63.8 Å². The van der Waals surface area contributed by atoms with Crippen molar-refractivity contribution < 1.29 is 4.79 Å². The Labute approximate surface area is 106 Å². The molecular weight excluding hydrogens is 290 g/mol. The number of carbonyl (C=O) groups is 1. The molecule has 1 aromatic heterocycles. The van der Waals surface area contributed by atoms with E-state index in [4.69, 9.17) is 18.0 Å². The fraction of sp³-hybridized carbons (Fsp3) is 0.200. The molecule has 6 heteroatoms. The van der Waals surface area contributed by atoms with Crippen molar-refractivity contribution in [2.75, 3.05) is 0 Å². The van der Waals surface area contributed by atoms with Gasteiger partial charge in [0.2, 0.25) is 5.91 Å². The van der Waals surface area contributed by atoms with E-state index in [1.807, 2.05) is 18.2 Å². The van der Waals surface area contributed by atoms with Crippen LogP contribution in [-0.4, -0.2) is 15.5 Å². The summed E-state index contributed by atoms with van der Waals surface area (Å²) < 4.78 is 3.17. The lowest BCUT2D eigenvalue weighted by Crippen LogP contribution is -2.23. The lowest BCUT2D eigenvalue weighted by molar-refractivity contribution is -0.120. The van der Waals surface area contributed by atoms with Gasteiger partial charge in [0.25, 0.3) is 0 Å². The number of imidazole rings is 1. The molecule has 1 heterocycles. The number of carbonyl (C=O) groups excluding carboxylic acids is 1. The highest BCUT2D eigenvalue weighted by Gasteiger charge is 2.15. The van der Waals surface area contributed by atoms with Gasteiger partial charge in [-0.3, -0.25) is 4.79 Å². The van der Waals surface area contributed by atoms with Crippen molar-refractivity contribution >= 4 is 45.1 Å². The van der Waals surface area contributed by atoms with E-state index in [1.54, 1.807) is 11.5 Å². The largest absolute Gasteiger partial charge is 0.368 e. The Morgan fingerprint density at radius 2 is 2.31 bits per heavy atom. The molecule has 4 nitrogen and oxygen atoms in total. The van der Waals surface area contributed by atoms with Crippen molar-refractivity contribution in [2.24, 2.45) is 5.73 Å². The Kier molecular flexibility index (Phi) is 2.86. The third-order valence-electron chi connectivity index (χ3n) is 2.48. The fourth-order valence-corrected chi connectivity index (χ4v) is 2.34. The first-order valence-electron chi connectivity index (χ1n) is 4.70. The quantitative estimate of drug-likeness (QED) is 0.837. The molecule has 0 aliphatic carbocycles. The van der Waals surface area contributed by atoms with E-state index in [-0.39, 0.29) is 0 Å². The van der Waals surface area contributed by atoms with Gasteiger partial charge >= 0.3 is 0 Å². The number of aromatic amines is 1. The maximum atomic E-state index is 11.2. The molecule has 84 valence electrons. The average molecular weight is 300 g/mol. The first kappa shape index (κ1) is 11.3. The van der Waals surface area contributed by atoms with Crippen molar-refractivity contribution in [3.8, 4) is 0 Å². The van der Waals surface area contributed by atoms with E-state index in [0.29, 0.717) is 4.77 Å². The summed E-state index contributed by atoms with van der Waals surface area (Å²) in [5.74, 6) is -0.403. The summed E-state index contributed by atoms with van der Waals surface area (Å²) in [5, 5.41) is 0. The molecule has 0 saturated carbocycles. The first-order valence-corrected chi connectivity index (χ1v) is 5.90. The Hall–Kier alpha value is -1.14. The molecule has 1 atom stereocenters. The summed E-state index contributed by atoms with van der Waals surface area (Å²) in [6.07, 6.45) is 0. The van der Waals surface area contributed by atoms with Gasteiger partial charge in [-0.1, -0.05) is 15.9 Å². The van der Waals surface area contributed by atoms with E-state index < -0.39 is 11.9 Å². The molecule has 1 unspecified atom stereocenters. The van der Waals surface area contributed by atoms with Crippen LogP contribution in [0.4, 0.5) is 0 Å². The van der Waals surface area contributed by atoms with Gasteiger partial charge < -0.3 is 15.3 Å². The predicted octanol–water partition coefficient (Wildman–Crippen LogP) is 2.51. The number of primary amides is 1. The van der Waals surface area contributed by atoms with Gasteiger partial charge in [-0.25, -0.2) is 0 Å². The number of hydrogen-bond acceptors (Lipinski definition) is 2. The third-order valence-corrected chi connectivity index (χ3v) is 3.27. The van der Waals surface area contributed by atoms with Crippen molar-refractivity contribution in [3.63, 3.8) is 0 Å². The third kappa shape index (κ3) is 1.78. The first-order chi connectivity index (χ1) is 7.50. The van der Waals surface area contributed by atoms with Crippen LogP contribution in [0.2, 0.25) is 0 Å². The minimum absolute atomic E-state index is 0.403. The molecule has 1 amide bonds. The molecule has 2 rings (SSSR count). The van der Waals surface area contributed by atoms with Crippen LogP contribution in [-0.2, 0) is 4.79 Å². The standard InChI is InChI=1S/C10H10BrN3OS/c1-5(9(12)15)14-8-3-2-6(11)4-7(8)13-10(14)16/h2-5H,1H3,(H2,12,15)(H,13,16). The second-order valence-corrected chi connectivity index (χ2v) is 4.84. The highest BCUT2D eigenvalue weighted by Crippen LogP contribution is 2.22. The van der Waals surface area contributed by atoms with Gasteiger partial charge in [-0.2, -0.15) is 0 Å². The number of halogens is 1. The zero-order chi connectivity index (χ0) is 11.9. The minimum Gasteiger partial charge on any atom is -0.368 e.